The van der Waals surface area contributed by atoms with E-state index < -0.39 is 22.9 Å². The van der Waals surface area contributed by atoms with Crippen molar-refractivity contribution in [2.24, 2.45) is 0 Å². The molecule has 0 radical (unpaired) electrons. The molecule has 1 atom stereocenters. The summed E-state index contributed by atoms with van der Waals surface area (Å²) in [6.45, 7) is -0.212. The fourth-order valence-electron chi connectivity index (χ4n) is 1.23. The lowest BCUT2D eigenvalue weighted by Crippen LogP contribution is -2.34. The number of alkyl carbamates (subject to hydrolysis) is 1. The molecular weight excluding hydrogens is 281 g/mol. The Kier molecular flexibility index (Phi) is 5.74. The first-order valence-electron chi connectivity index (χ1n) is 5.00. The predicted octanol–water partition coefficient (Wildman–Crippen LogP) is 2.34. The number of carbonyl (C=O) groups excluding carboxylic acids is 1. The second-order valence-corrected chi connectivity index (χ2v) is 4.59. The SMILES string of the molecule is O=C(NC(C(=O)O)c1ccccc1)OCC(Cl)Cl. The quantitative estimate of drug-likeness (QED) is 0.817. The number of halogens is 2. The summed E-state index contributed by atoms with van der Waals surface area (Å²) in [5.41, 5.74) is 0.440. The van der Waals surface area contributed by atoms with Crippen LogP contribution in [0.2, 0.25) is 0 Å². The molecule has 0 fully saturated rings. The van der Waals surface area contributed by atoms with Gasteiger partial charge in [0.1, 0.15) is 11.4 Å². The Morgan fingerprint density at radius 2 is 1.89 bits per heavy atom. The zero-order valence-corrected chi connectivity index (χ0v) is 10.7. The number of alkyl halides is 2. The van der Waals surface area contributed by atoms with Crippen molar-refractivity contribution in [2.75, 3.05) is 6.61 Å². The molecule has 0 saturated carbocycles. The Balaban J connectivity index is 2.65. The standard InChI is InChI=1S/C11H11Cl2NO4/c12-8(13)6-18-11(17)14-9(10(15)16)7-4-2-1-3-5-7/h1-5,8-9H,6H2,(H,14,17)(H,15,16). The number of nitrogens with one attached hydrogen (secondary N) is 1. The molecule has 1 aromatic rings. The van der Waals surface area contributed by atoms with Crippen LogP contribution in [-0.4, -0.2) is 28.6 Å². The topological polar surface area (TPSA) is 75.6 Å². The first-order chi connectivity index (χ1) is 8.50. The highest BCUT2D eigenvalue weighted by Gasteiger charge is 2.22. The van der Waals surface area contributed by atoms with Gasteiger partial charge >= 0.3 is 12.1 Å². The van der Waals surface area contributed by atoms with E-state index in [1.165, 1.54) is 0 Å². The van der Waals surface area contributed by atoms with Crippen molar-refractivity contribution in [3.8, 4) is 0 Å². The minimum Gasteiger partial charge on any atom is -0.479 e. The Morgan fingerprint density at radius 1 is 1.28 bits per heavy atom. The normalized spacial score (nSPS) is 11.9. The van der Waals surface area contributed by atoms with Gasteiger partial charge in [-0.25, -0.2) is 9.59 Å². The van der Waals surface area contributed by atoms with Crippen LogP contribution in [-0.2, 0) is 9.53 Å². The van der Waals surface area contributed by atoms with E-state index in [0.717, 1.165) is 0 Å². The maximum Gasteiger partial charge on any atom is 0.408 e. The number of hydrogen-bond donors (Lipinski definition) is 2. The minimum atomic E-state index is -1.19. The van der Waals surface area contributed by atoms with Crippen molar-refractivity contribution in [1.82, 2.24) is 5.32 Å². The zero-order chi connectivity index (χ0) is 13.5. The van der Waals surface area contributed by atoms with Crippen LogP contribution in [0.15, 0.2) is 30.3 Å². The van der Waals surface area contributed by atoms with E-state index in [1.54, 1.807) is 30.3 Å². The third kappa shape index (κ3) is 4.81. The molecule has 1 amide bonds. The summed E-state index contributed by atoms with van der Waals surface area (Å²) in [4.78, 5) is 21.5. The number of ether oxygens (including phenoxy) is 1. The molecule has 0 saturated heterocycles. The molecule has 0 heterocycles. The van der Waals surface area contributed by atoms with Gasteiger partial charge in [0.15, 0.2) is 6.04 Å². The van der Waals surface area contributed by atoms with E-state index >= 15 is 0 Å². The van der Waals surface area contributed by atoms with Crippen molar-refractivity contribution < 1.29 is 19.4 Å². The van der Waals surface area contributed by atoms with Crippen LogP contribution in [0.25, 0.3) is 0 Å². The van der Waals surface area contributed by atoms with Gasteiger partial charge in [0.05, 0.1) is 0 Å². The number of hydrogen-bond acceptors (Lipinski definition) is 3. The lowest BCUT2D eigenvalue weighted by Gasteiger charge is -2.14. The molecule has 0 bridgehead atoms. The first-order valence-corrected chi connectivity index (χ1v) is 5.87. The largest absolute Gasteiger partial charge is 0.479 e. The van der Waals surface area contributed by atoms with Crippen molar-refractivity contribution in [3.63, 3.8) is 0 Å². The van der Waals surface area contributed by atoms with E-state index in [-0.39, 0.29) is 6.61 Å². The molecule has 7 heteroatoms. The molecule has 1 unspecified atom stereocenters. The number of aliphatic carboxylic acids is 1. The van der Waals surface area contributed by atoms with Crippen molar-refractivity contribution in [1.29, 1.82) is 0 Å². The fraction of sp³-hybridized carbons (Fsp3) is 0.273. The van der Waals surface area contributed by atoms with E-state index in [1.807, 2.05) is 0 Å². The van der Waals surface area contributed by atoms with E-state index in [4.69, 9.17) is 28.3 Å². The molecular formula is C11H11Cl2NO4. The number of carboxylic acid groups (broad SMARTS) is 1. The number of carboxylic acids is 1. The van der Waals surface area contributed by atoms with Gasteiger partial charge in [-0.3, -0.25) is 0 Å². The fourth-order valence-corrected chi connectivity index (χ4v) is 1.36. The van der Waals surface area contributed by atoms with E-state index in [2.05, 4.69) is 10.1 Å². The van der Waals surface area contributed by atoms with E-state index in [9.17, 15) is 9.59 Å². The Labute approximate surface area is 114 Å². The highest BCUT2D eigenvalue weighted by atomic mass is 35.5. The van der Waals surface area contributed by atoms with Gasteiger partial charge in [-0.2, -0.15) is 0 Å². The second kappa shape index (κ2) is 7.08. The van der Waals surface area contributed by atoms with Gasteiger partial charge in [-0.1, -0.05) is 30.3 Å². The molecule has 98 valence electrons. The molecule has 0 aromatic heterocycles. The van der Waals surface area contributed by atoms with Gasteiger partial charge in [-0.05, 0) is 5.56 Å². The van der Waals surface area contributed by atoms with Crippen LogP contribution >= 0.6 is 23.2 Å². The molecule has 1 rings (SSSR count). The Bertz CT molecular complexity index is 411. The molecule has 18 heavy (non-hydrogen) atoms. The summed E-state index contributed by atoms with van der Waals surface area (Å²) < 4.78 is 4.63. The summed E-state index contributed by atoms with van der Waals surface area (Å²) in [6.07, 6.45) is -0.891. The summed E-state index contributed by atoms with van der Waals surface area (Å²) >= 11 is 10.8. The van der Waals surface area contributed by atoms with Gasteiger partial charge in [0, 0.05) is 0 Å². The second-order valence-electron chi connectivity index (χ2n) is 3.32. The summed E-state index contributed by atoms with van der Waals surface area (Å²) in [7, 11) is 0. The van der Waals surface area contributed by atoms with Gasteiger partial charge in [-0.15, -0.1) is 23.2 Å². The maximum atomic E-state index is 11.3. The smallest absolute Gasteiger partial charge is 0.408 e. The van der Waals surface area contributed by atoms with Crippen LogP contribution in [0.5, 0.6) is 0 Å². The minimum absolute atomic E-state index is 0.212. The highest BCUT2D eigenvalue weighted by Crippen LogP contribution is 2.13. The van der Waals surface area contributed by atoms with Crippen molar-refractivity contribution >= 4 is 35.3 Å². The van der Waals surface area contributed by atoms with Gasteiger partial charge in [0.25, 0.3) is 0 Å². The third-order valence-electron chi connectivity index (χ3n) is 1.98. The van der Waals surface area contributed by atoms with Crippen LogP contribution in [0.4, 0.5) is 4.79 Å². The monoisotopic (exact) mass is 291 g/mol. The van der Waals surface area contributed by atoms with Crippen LogP contribution in [0.3, 0.4) is 0 Å². The Hall–Kier alpha value is -1.46. The van der Waals surface area contributed by atoms with Gasteiger partial charge in [0.2, 0.25) is 0 Å². The number of amides is 1. The average molecular weight is 292 g/mol. The van der Waals surface area contributed by atoms with E-state index in [0.29, 0.717) is 5.56 Å². The van der Waals surface area contributed by atoms with Crippen LogP contribution < -0.4 is 5.32 Å². The average Bonchev–Trinajstić information content (AvgIpc) is 2.34. The predicted molar refractivity (Wildman–Crippen MR) is 66.8 cm³/mol. The summed E-state index contributed by atoms with van der Waals surface area (Å²) in [6, 6.07) is 7.09. The molecule has 2 N–H and O–H groups in total. The molecule has 1 aromatic carbocycles. The first kappa shape index (κ1) is 14.6. The summed E-state index contributed by atoms with van der Waals surface area (Å²) in [5.74, 6) is -1.19. The third-order valence-corrected chi connectivity index (χ3v) is 2.23. The molecule has 0 aliphatic carbocycles. The highest BCUT2D eigenvalue weighted by molar-refractivity contribution is 6.44. The zero-order valence-electron chi connectivity index (χ0n) is 9.18. The van der Waals surface area contributed by atoms with Crippen molar-refractivity contribution in [2.45, 2.75) is 10.9 Å². The number of benzene rings is 1. The molecule has 5 nitrogen and oxygen atoms in total. The number of rotatable bonds is 5. The molecule has 0 spiro atoms. The maximum absolute atomic E-state index is 11.3. The Morgan fingerprint density at radius 3 is 2.39 bits per heavy atom. The lowest BCUT2D eigenvalue weighted by molar-refractivity contribution is -0.139. The van der Waals surface area contributed by atoms with Crippen molar-refractivity contribution in [3.05, 3.63) is 35.9 Å². The number of carbonyl (C=O) groups is 2. The van der Waals surface area contributed by atoms with Gasteiger partial charge < -0.3 is 15.2 Å². The van der Waals surface area contributed by atoms with Crippen LogP contribution in [0.1, 0.15) is 11.6 Å². The molecule has 0 aliphatic rings. The summed E-state index contributed by atoms with van der Waals surface area (Å²) in [5, 5.41) is 11.2. The molecule has 0 aliphatic heterocycles. The van der Waals surface area contributed by atoms with Crippen LogP contribution in [0, 0.1) is 0 Å². The lowest BCUT2D eigenvalue weighted by atomic mass is 10.1.